The molecular formula is C14H20N4O5S. The molecule has 1 aliphatic rings. The van der Waals surface area contributed by atoms with E-state index in [1.165, 1.54) is 12.1 Å². The van der Waals surface area contributed by atoms with Gasteiger partial charge in [0.2, 0.25) is 5.91 Å². The van der Waals surface area contributed by atoms with Gasteiger partial charge in [-0.1, -0.05) is 0 Å². The van der Waals surface area contributed by atoms with Gasteiger partial charge in [-0.05, 0) is 31.5 Å². The molecule has 0 aliphatic carbocycles. The summed E-state index contributed by atoms with van der Waals surface area (Å²) in [6, 6.07) is 3.52. The lowest BCUT2D eigenvalue weighted by Crippen LogP contribution is -2.42. The Bertz CT molecular complexity index is 729. The molecule has 1 unspecified atom stereocenters. The number of carbonyl (C=O) groups is 1. The number of benzene rings is 1. The Labute approximate surface area is 139 Å². The fourth-order valence-electron chi connectivity index (χ4n) is 2.46. The summed E-state index contributed by atoms with van der Waals surface area (Å²) in [5.74, 6) is -0.0868. The van der Waals surface area contributed by atoms with E-state index in [1.54, 1.807) is 0 Å². The number of hydrogen-bond donors (Lipinski definition) is 3. The average molecular weight is 356 g/mol. The van der Waals surface area contributed by atoms with Crippen LogP contribution in [0.3, 0.4) is 0 Å². The SMILES string of the molecule is CS(=O)(=O)c1ccc(NCCNC(=O)C2CCCN2)c([N+](=O)[O-])c1. The third-order valence-electron chi connectivity index (χ3n) is 3.71. The van der Waals surface area contributed by atoms with Gasteiger partial charge in [-0.2, -0.15) is 0 Å². The third kappa shape index (κ3) is 4.65. The van der Waals surface area contributed by atoms with E-state index in [2.05, 4.69) is 16.0 Å². The Balaban J connectivity index is 1.94. The molecule has 1 saturated heterocycles. The van der Waals surface area contributed by atoms with Gasteiger partial charge >= 0.3 is 0 Å². The highest BCUT2D eigenvalue weighted by Crippen LogP contribution is 2.27. The van der Waals surface area contributed by atoms with E-state index in [9.17, 15) is 23.3 Å². The van der Waals surface area contributed by atoms with Crippen LogP contribution in [0.15, 0.2) is 23.1 Å². The fraction of sp³-hybridized carbons (Fsp3) is 0.500. The molecule has 3 N–H and O–H groups in total. The molecule has 1 amide bonds. The van der Waals surface area contributed by atoms with Crippen molar-refractivity contribution in [3.8, 4) is 0 Å². The minimum absolute atomic E-state index is 0.0868. The Morgan fingerprint density at radius 2 is 2.17 bits per heavy atom. The van der Waals surface area contributed by atoms with E-state index in [0.29, 0.717) is 6.54 Å². The zero-order valence-corrected chi connectivity index (χ0v) is 14.1. The zero-order valence-electron chi connectivity index (χ0n) is 13.2. The summed E-state index contributed by atoms with van der Waals surface area (Å²) in [4.78, 5) is 22.2. The molecule has 0 aromatic heterocycles. The Hall–Kier alpha value is -2.20. The zero-order chi connectivity index (χ0) is 17.7. The molecule has 0 spiro atoms. The molecule has 9 nitrogen and oxygen atoms in total. The predicted molar refractivity (Wildman–Crippen MR) is 88.7 cm³/mol. The first-order valence-corrected chi connectivity index (χ1v) is 9.41. The number of anilines is 1. The number of amides is 1. The van der Waals surface area contributed by atoms with Gasteiger partial charge in [0.05, 0.1) is 15.9 Å². The molecule has 0 radical (unpaired) electrons. The number of nitro benzene ring substituents is 1. The Morgan fingerprint density at radius 1 is 1.42 bits per heavy atom. The highest BCUT2D eigenvalue weighted by atomic mass is 32.2. The number of nitrogens with one attached hydrogen (secondary N) is 3. The maximum atomic E-state index is 11.8. The van der Waals surface area contributed by atoms with Crippen molar-refractivity contribution < 1.29 is 18.1 Å². The monoisotopic (exact) mass is 356 g/mol. The Kier molecular flexibility index (Phi) is 5.73. The minimum Gasteiger partial charge on any atom is -0.378 e. The van der Waals surface area contributed by atoms with Crippen molar-refractivity contribution in [2.24, 2.45) is 0 Å². The van der Waals surface area contributed by atoms with Crippen LogP contribution in [0.5, 0.6) is 0 Å². The van der Waals surface area contributed by atoms with Gasteiger partial charge in [0, 0.05) is 25.4 Å². The van der Waals surface area contributed by atoms with Crippen LogP contribution < -0.4 is 16.0 Å². The van der Waals surface area contributed by atoms with E-state index >= 15 is 0 Å². The van der Waals surface area contributed by atoms with Crippen LogP contribution in [0, 0.1) is 10.1 Å². The van der Waals surface area contributed by atoms with Crippen molar-refractivity contribution in [2.45, 2.75) is 23.8 Å². The second-order valence-electron chi connectivity index (χ2n) is 5.57. The minimum atomic E-state index is -3.52. The summed E-state index contributed by atoms with van der Waals surface area (Å²) >= 11 is 0. The van der Waals surface area contributed by atoms with Crippen LogP contribution in [0.4, 0.5) is 11.4 Å². The van der Waals surface area contributed by atoms with Crippen LogP contribution in [-0.2, 0) is 14.6 Å². The molecule has 1 heterocycles. The largest absolute Gasteiger partial charge is 0.378 e. The van der Waals surface area contributed by atoms with E-state index in [4.69, 9.17) is 0 Å². The molecule has 1 aromatic carbocycles. The van der Waals surface area contributed by atoms with Crippen LogP contribution >= 0.6 is 0 Å². The van der Waals surface area contributed by atoms with Gasteiger partial charge in [-0.15, -0.1) is 0 Å². The number of nitrogens with zero attached hydrogens (tertiary/aromatic N) is 1. The van der Waals surface area contributed by atoms with Gasteiger partial charge in [-0.25, -0.2) is 8.42 Å². The van der Waals surface area contributed by atoms with E-state index in [1.807, 2.05) is 0 Å². The first-order valence-electron chi connectivity index (χ1n) is 7.52. The highest BCUT2D eigenvalue weighted by Gasteiger charge is 2.21. The summed E-state index contributed by atoms with van der Waals surface area (Å²) in [6.07, 6.45) is 2.76. The standard InChI is InChI=1S/C14H20N4O5S/c1-24(22,23)10-4-5-11(13(9-10)18(20)21)16-7-8-17-14(19)12-3-2-6-15-12/h4-5,9,12,15-16H,2-3,6-8H2,1H3,(H,17,19). The summed E-state index contributed by atoms with van der Waals surface area (Å²) < 4.78 is 23.0. The first kappa shape index (κ1) is 18.1. The third-order valence-corrected chi connectivity index (χ3v) is 4.82. The summed E-state index contributed by atoms with van der Waals surface area (Å²) in [5.41, 5.74) is -0.109. The van der Waals surface area contributed by atoms with Crippen molar-refractivity contribution in [1.82, 2.24) is 10.6 Å². The second-order valence-corrected chi connectivity index (χ2v) is 7.59. The average Bonchev–Trinajstić information content (AvgIpc) is 3.04. The normalized spacial score (nSPS) is 17.5. The predicted octanol–water partition coefficient (Wildman–Crippen LogP) is 0.278. The first-order chi connectivity index (χ1) is 11.3. The van der Waals surface area contributed by atoms with Crippen molar-refractivity contribution >= 4 is 27.1 Å². The molecule has 10 heteroatoms. The number of nitro groups is 1. The maximum absolute atomic E-state index is 11.8. The summed E-state index contributed by atoms with van der Waals surface area (Å²) in [7, 11) is -3.52. The topological polar surface area (TPSA) is 130 Å². The van der Waals surface area contributed by atoms with Crippen LogP contribution in [0.1, 0.15) is 12.8 Å². The van der Waals surface area contributed by atoms with E-state index < -0.39 is 14.8 Å². The molecular weight excluding hydrogens is 336 g/mol. The van der Waals surface area contributed by atoms with Gasteiger partial charge in [0.25, 0.3) is 5.69 Å². The van der Waals surface area contributed by atoms with Crippen molar-refractivity contribution in [3.63, 3.8) is 0 Å². The lowest BCUT2D eigenvalue weighted by atomic mass is 10.2. The van der Waals surface area contributed by atoms with Crippen molar-refractivity contribution in [1.29, 1.82) is 0 Å². The quantitative estimate of drug-likeness (QED) is 0.363. The van der Waals surface area contributed by atoms with Crippen molar-refractivity contribution in [3.05, 3.63) is 28.3 Å². The second kappa shape index (κ2) is 7.58. The molecule has 1 aliphatic heterocycles. The van der Waals surface area contributed by atoms with Crippen molar-refractivity contribution in [2.75, 3.05) is 31.2 Å². The number of rotatable bonds is 7. The lowest BCUT2D eigenvalue weighted by Gasteiger charge is -2.12. The molecule has 132 valence electrons. The molecule has 1 fully saturated rings. The van der Waals surface area contributed by atoms with Gasteiger partial charge in [0.1, 0.15) is 5.69 Å². The molecule has 2 rings (SSSR count). The Morgan fingerprint density at radius 3 is 2.75 bits per heavy atom. The molecule has 24 heavy (non-hydrogen) atoms. The molecule has 0 saturated carbocycles. The van der Waals surface area contributed by atoms with Gasteiger partial charge in [-0.3, -0.25) is 14.9 Å². The number of sulfone groups is 1. The molecule has 0 bridgehead atoms. The fourth-order valence-corrected chi connectivity index (χ4v) is 3.10. The van der Waals surface area contributed by atoms with Gasteiger partial charge < -0.3 is 16.0 Å². The summed E-state index contributed by atoms with van der Waals surface area (Å²) in [6.45, 7) is 1.43. The maximum Gasteiger partial charge on any atom is 0.293 e. The molecule has 1 atom stereocenters. The van der Waals surface area contributed by atoms with Crippen LogP contribution in [0.25, 0.3) is 0 Å². The van der Waals surface area contributed by atoms with Crippen LogP contribution in [0.2, 0.25) is 0 Å². The summed E-state index contributed by atoms with van der Waals surface area (Å²) in [5, 5.41) is 19.8. The van der Waals surface area contributed by atoms with E-state index in [-0.39, 0.29) is 34.8 Å². The van der Waals surface area contributed by atoms with Gasteiger partial charge in [0.15, 0.2) is 9.84 Å². The lowest BCUT2D eigenvalue weighted by molar-refractivity contribution is -0.384. The molecule has 1 aromatic rings. The number of hydrogen-bond acceptors (Lipinski definition) is 7. The smallest absolute Gasteiger partial charge is 0.293 e. The number of carbonyl (C=O) groups excluding carboxylic acids is 1. The van der Waals surface area contributed by atoms with Crippen LogP contribution in [-0.4, -0.2) is 51.2 Å². The highest BCUT2D eigenvalue weighted by molar-refractivity contribution is 7.90. The van der Waals surface area contributed by atoms with E-state index in [0.717, 1.165) is 31.7 Å².